The van der Waals surface area contributed by atoms with Crippen molar-refractivity contribution >= 4 is 23.4 Å². The van der Waals surface area contributed by atoms with E-state index >= 15 is 0 Å². The summed E-state index contributed by atoms with van der Waals surface area (Å²) in [4.78, 5) is 38.1. The number of ketones is 1. The number of hydrogen-bond acceptors (Lipinski definition) is 6. The highest BCUT2D eigenvalue weighted by molar-refractivity contribution is 6.46. The molecule has 2 N–H and O–H groups in total. The quantitative estimate of drug-likeness (QED) is 0.369. The Kier molecular flexibility index (Phi) is 6.82. The molecule has 0 bridgehead atoms. The van der Waals surface area contributed by atoms with Crippen LogP contribution in [0.2, 0.25) is 0 Å². The van der Waals surface area contributed by atoms with Crippen molar-refractivity contribution in [3.8, 4) is 11.5 Å². The van der Waals surface area contributed by atoms with Crippen LogP contribution in [0.5, 0.6) is 11.5 Å². The van der Waals surface area contributed by atoms with Gasteiger partial charge in [0.2, 0.25) is 0 Å². The molecule has 1 unspecified atom stereocenters. The minimum Gasteiger partial charge on any atom is -0.507 e. The first-order valence-corrected chi connectivity index (χ1v) is 10.1. The van der Waals surface area contributed by atoms with E-state index in [-0.39, 0.29) is 30.7 Å². The number of carboxylic acids is 1. The SMILES string of the molecule is COc1ccc(C2/C(=C(\O)c3ccc(C)cc3)C(=O)C(=O)N2CCCC(=O)O)cc1OC. The maximum absolute atomic E-state index is 13.0. The predicted octanol–water partition coefficient (Wildman–Crippen LogP) is 3.30. The number of nitrogens with zero attached hydrogens (tertiary/aromatic N) is 1. The molecule has 0 aromatic heterocycles. The normalized spacial score (nSPS) is 17.5. The summed E-state index contributed by atoms with van der Waals surface area (Å²) in [5, 5.41) is 20.0. The van der Waals surface area contributed by atoms with Gasteiger partial charge in [0.1, 0.15) is 5.76 Å². The van der Waals surface area contributed by atoms with E-state index in [1.165, 1.54) is 19.1 Å². The molecule has 0 radical (unpaired) electrons. The second-order valence-electron chi connectivity index (χ2n) is 7.47. The number of amides is 1. The number of aliphatic hydroxyl groups excluding tert-OH is 1. The van der Waals surface area contributed by atoms with Crippen molar-refractivity contribution in [2.24, 2.45) is 0 Å². The molecule has 1 atom stereocenters. The van der Waals surface area contributed by atoms with Gasteiger partial charge in [0.25, 0.3) is 11.7 Å². The third-order valence-corrected chi connectivity index (χ3v) is 5.38. The lowest BCUT2D eigenvalue weighted by Crippen LogP contribution is -2.31. The van der Waals surface area contributed by atoms with Gasteiger partial charge in [-0.1, -0.05) is 35.9 Å². The number of aliphatic hydroxyl groups is 1. The summed E-state index contributed by atoms with van der Waals surface area (Å²) in [7, 11) is 2.96. The Balaban J connectivity index is 2.14. The number of carbonyl (C=O) groups excluding carboxylic acids is 2. The van der Waals surface area contributed by atoms with Crippen LogP contribution in [0.3, 0.4) is 0 Å². The number of rotatable bonds is 8. The van der Waals surface area contributed by atoms with Crippen molar-refractivity contribution < 1.29 is 34.1 Å². The molecular weight excluding hydrogens is 414 g/mol. The molecule has 2 aromatic rings. The number of Topliss-reactive ketones (excluding diaryl/α,β-unsaturated/α-hetero) is 1. The summed E-state index contributed by atoms with van der Waals surface area (Å²) in [6.45, 7) is 1.94. The average Bonchev–Trinajstić information content (AvgIpc) is 3.03. The van der Waals surface area contributed by atoms with Crippen LogP contribution >= 0.6 is 0 Å². The Morgan fingerprint density at radius 3 is 2.25 bits per heavy atom. The van der Waals surface area contributed by atoms with Crippen molar-refractivity contribution in [2.45, 2.75) is 25.8 Å². The smallest absolute Gasteiger partial charge is 0.303 e. The van der Waals surface area contributed by atoms with Crippen molar-refractivity contribution in [1.29, 1.82) is 0 Å². The van der Waals surface area contributed by atoms with Gasteiger partial charge in [0.05, 0.1) is 25.8 Å². The third kappa shape index (κ3) is 4.44. The van der Waals surface area contributed by atoms with E-state index in [0.29, 0.717) is 22.6 Å². The van der Waals surface area contributed by atoms with Crippen LogP contribution in [0.15, 0.2) is 48.0 Å². The number of aliphatic carboxylic acids is 1. The molecule has 1 fully saturated rings. The summed E-state index contributed by atoms with van der Waals surface area (Å²) in [5.41, 5.74) is 1.86. The lowest BCUT2D eigenvalue weighted by molar-refractivity contribution is -0.140. The van der Waals surface area contributed by atoms with Gasteiger partial charge in [0.15, 0.2) is 11.5 Å². The summed E-state index contributed by atoms with van der Waals surface area (Å²) in [6.07, 6.45) is 0.0103. The summed E-state index contributed by atoms with van der Waals surface area (Å²) >= 11 is 0. The second kappa shape index (κ2) is 9.55. The lowest BCUT2D eigenvalue weighted by atomic mass is 9.94. The fourth-order valence-corrected chi connectivity index (χ4v) is 3.75. The summed E-state index contributed by atoms with van der Waals surface area (Å²) in [6, 6.07) is 11.0. The fraction of sp³-hybridized carbons (Fsp3) is 0.292. The Morgan fingerprint density at radius 1 is 1.00 bits per heavy atom. The van der Waals surface area contributed by atoms with Gasteiger partial charge >= 0.3 is 5.97 Å². The van der Waals surface area contributed by atoms with Crippen LogP contribution in [0.1, 0.15) is 35.6 Å². The monoisotopic (exact) mass is 439 g/mol. The molecule has 2 aromatic carbocycles. The van der Waals surface area contributed by atoms with Gasteiger partial charge in [-0.15, -0.1) is 0 Å². The highest BCUT2D eigenvalue weighted by atomic mass is 16.5. The largest absolute Gasteiger partial charge is 0.507 e. The first-order valence-electron chi connectivity index (χ1n) is 10.1. The Bertz CT molecular complexity index is 1070. The number of carbonyl (C=O) groups is 3. The van der Waals surface area contributed by atoms with Crippen LogP contribution in [0, 0.1) is 6.92 Å². The average molecular weight is 439 g/mol. The molecule has 3 rings (SSSR count). The molecule has 8 heteroatoms. The number of methoxy groups -OCH3 is 2. The molecule has 1 aliphatic heterocycles. The van der Waals surface area contributed by atoms with Crippen LogP contribution in [-0.4, -0.2) is 53.5 Å². The van der Waals surface area contributed by atoms with E-state index in [9.17, 15) is 19.5 Å². The predicted molar refractivity (Wildman–Crippen MR) is 117 cm³/mol. The summed E-state index contributed by atoms with van der Waals surface area (Å²) in [5.74, 6) is -2.02. The van der Waals surface area contributed by atoms with Gasteiger partial charge in [-0.05, 0) is 31.0 Å². The van der Waals surface area contributed by atoms with E-state index in [2.05, 4.69) is 0 Å². The van der Waals surface area contributed by atoms with Crippen molar-refractivity contribution in [2.75, 3.05) is 20.8 Å². The van der Waals surface area contributed by atoms with Crippen LogP contribution < -0.4 is 9.47 Å². The van der Waals surface area contributed by atoms with Gasteiger partial charge < -0.3 is 24.6 Å². The van der Waals surface area contributed by atoms with E-state index in [4.69, 9.17) is 14.6 Å². The molecule has 1 heterocycles. The van der Waals surface area contributed by atoms with Gasteiger partial charge in [-0.3, -0.25) is 14.4 Å². The zero-order valence-corrected chi connectivity index (χ0v) is 18.1. The van der Waals surface area contributed by atoms with Gasteiger partial charge in [-0.25, -0.2) is 0 Å². The molecular formula is C24H25NO7. The zero-order valence-electron chi connectivity index (χ0n) is 18.1. The molecule has 0 aliphatic carbocycles. The maximum atomic E-state index is 13.0. The minimum absolute atomic E-state index is 0.0422. The number of hydrogen-bond donors (Lipinski definition) is 2. The van der Waals surface area contributed by atoms with Crippen molar-refractivity contribution in [1.82, 2.24) is 4.90 Å². The molecule has 1 amide bonds. The Labute approximate surface area is 185 Å². The molecule has 168 valence electrons. The number of ether oxygens (including phenoxy) is 2. The van der Waals surface area contributed by atoms with E-state index in [1.807, 2.05) is 6.92 Å². The van der Waals surface area contributed by atoms with E-state index < -0.39 is 23.7 Å². The molecule has 8 nitrogen and oxygen atoms in total. The van der Waals surface area contributed by atoms with Crippen molar-refractivity contribution in [3.63, 3.8) is 0 Å². The third-order valence-electron chi connectivity index (χ3n) is 5.38. The highest BCUT2D eigenvalue weighted by Gasteiger charge is 2.46. The standard InChI is InChI=1S/C24H25NO7/c1-14-6-8-15(9-7-14)22(28)20-21(16-10-11-17(31-2)18(13-16)32-3)25(24(30)23(20)29)12-4-5-19(26)27/h6-11,13,21,28H,4-5,12H2,1-3H3,(H,26,27)/b22-20+. The van der Waals surface area contributed by atoms with Crippen LogP contribution in [-0.2, 0) is 14.4 Å². The molecule has 0 spiro atoms. The van der Waals surface area contributed by atoms with Gasteiger partial charge in [0, 0.05) is 18.5 Å². The van der Waals surface area contributed by atoms with Crippen molar-refractivity contribution in [3.05, 3.63) is 64.7 Å². The first-order chi connectivity index (χ1) is 15.3. The second-order valence-corrected chi connectivity index (χ2v) is 7.47. The summed E-state index contributed by atoms with van der Waals surface area (Å²) < 4.78 is 10.6. The topological polar surface area (TPSA) is 113 Å². The number of carboxylic acid groups (broad SMARTS) is 1. The first kappa shape index (κ1) is 22.9. The van der Waals surface area contributed by atoms with E-state index in [1.54, 1.807) is 42.5 Å². The highest BCUT2D eigenvalue weighted by Crippen LogP contribution is 2.42. The Hall–Kier alpha value is -3.81. The molecule has 1 saturated heterocycles. The molecule has 32 heavy (non-hydrogen) atoms. The van der Waals surface area contributed by atoms with E-state index in [0.717, 1.165) is 5.56 Å². The molecule has 0 saturated carbocycles. The zero-order chi connectivity index (χ0) is 23.4. The number of aryl methyl sites for hydroxylation is 1. The number of likely N-dealkylation sites (tertiary alicyclic amines) is 1. The van der Waals surface area contributed by atoms with Gasteiger partial charge in [-0.2, -0.15) is 0 Å². The maximum Gasteiger partial charge on any atom is 0.303 e. The molecule has 1 aliphatic rings. The van der Waals surface area contributed by atoms with Crippen LogP contribution in [0.4, 0.5) is 0 Å². The number of benzene rings is 2. The fourth-order valence-electron chi connectivity index (χ4n) is 3.75. The Morgan fingerprint density at radius 2 is 1.66 bits per heavy atom. The van der Waals surface area contributed by atoms with Crippen LogP contribution in [0.25, 0.3) is 5.76 Å². The lowest BCUT2D eigenvalue weighted by Gasteiger charge is -2.25. The minimum atomic E-state index is -0.996.